The summed E-state index contributed by atoms with van der Waals surface area (Å²) in [4.78, 5) is 10.8. The van der Waals surface area contributed by atoms with Gasteiger partial charge in [0.1, 0.15) is 0 Å². The lowest BCUT2D eigenvalue weighted by molar-refractivity contribution is -0.160. The van der Waals surface area contributed by atoms with Crippen molar-refractivity contribution in [2.45, 2.75) is 26.7 Å². The molecule has 66 valence electrons. The van der Waals surface area contributed by atoms with Crippen molar-refractivity contribution in [3.8, 4) is 0 Å². The summed E-state index contributed by atoms with van der Waals surface area (Å²) < 4.78 is 10.8. The van der Waals surface area contributed by atoms with Crippen molar-refractivity contribution in [3.63, 3.8) is 0 Å². The Morgan fingerprint density at radius 3 is 2.58 bits per heavy atom. The lowest BCUT2D eigenvalue weighted by Gasteiger charge is -1.96. The summed E-state index contributed by atoms with van der Waals surface area (Å²) >= 11 is 0. The third kappa shape index (κ3) is 1.77. The molecule has 0 spiro atoms. The molecule has 0 aliphatic heterocycles. The smallest absolute Gasteiger partial charge is 0.349 e. The van der Waals surface area contributed by atoms with Gasteiger partial charge in [0, 0.05) is 11.4 Å². The third-order valence-corrected chi connectivity index (χ3v) is 4.43. The molecule has 4 heteroatoms. The van der Waals surface area contributed by atoms with Gasteiger partial charge in [-0.25, -0.2) is 0 Å². The zero-order valence-corrected chi connectivity index (χ0v) is 9.15. The number of hydrogen-bond acceptors (Lipinski definition) is 2. The maximum Gasteiger partial charge on any atom is 0.349 e. The summed E-state index contributed by atoms with van der Waals surface area (Å²) in [5, 5.41) is 1.88. The zero-order chi connectivity index (χ0) is 9.14. The third-order valence-electron chi connectivity index (χ3n) is 1.96. The normalized spacial score (nSPS) is 12.4. The van der Waals surface area contributed by atoms with Crippen LogP contribution in [0.5, 0.6) is 0 Å². The molecule has 1 aromatic rings. The second-order valence-corrected chi connectivity index (χ2v) is 4.77. The molecule has 0 aromatic carbocycles. The SMILES string of the molecule is CCc1[pH]cc([P+](=O)[O-])c1CC. The maximum atomic E-state index is 10.8. The molecule has 1 aromatic heterocycles. The molecule has 0 fully saturated rings. The Morgan fingerprint density at radius 2 is 2.17 bits per heavy atom. The summed E-state index contributed by atoms with van der Waals surface area (Å²) in [6, 6.07) is 0. The van der Waals surface area contributed by atoms with Crippen molar-refractivity contribution in [1.29, 1.82) is 0 Å². The van der Waals surface area contributed by atoms with E-state index in [1.54, 1.807) is 0 Å². The molecule has 0 bridgehead atoms. The summed E-state index contributed by atoms with van der Waals surface area (Å²) in [7, 11) is -1.78. The first-order valence-electron chi connectivity index (χ1n) is 4.04. The largest absolute Gasteiger partial charge is 0.591 e. The van der Waals surface area contributed by atoms with Gasteiger partial charge >= 0.3 is 8.03 Å². The summed E-state index contributed by atoms with van der Waals surface area (Å²) in [6.07, 6.45) is 1.82. The highest BCUT2D eigenvalue weighted by Crippen LogP contribution is 2.26. The van der Waals surface area contributed by atoms with Crippen molar-refractivity contribution in [3.05, 3.63) is 16.7 Å². The van der Waals surface area contributed by atoms with Gasteiger partial charge < -0.3 is 4.89 Å². The Balaban J connectivity index is 3.13. The topological polar surface area (TPSA) is 40.1 Å². The van der Waals surface area contributed by atoms with E-state index in [0.29, 0.717) is 13.5 Å². The van der Waals surface area contributed by atoms with Crippen LogP contribution in [0.2, 0.25) is 0 Å². The monoisotopic (exact) mass is 202 g/mol. The van der Waals surface area contributed by atoms with Crippen LogP contribution >= 0.6 is 16.2 Å². The van der Waals surface area contributed by atoms with Crippen molar-refractivity contribution in [1.82, 2.24) is 0 Å². The predicted octanol–water partition coefficient (Wildman–Crippen LogP) is 1.57. The molecule has 2 nitrogen and oxygen atoms in total. The highest BCUT2D eigenvalue weighted by molar-refractivity contribution is 7.48. The standard InChI is InChI=1S/C8H12O2P2/c1-3-6-7(4-2)11-5-8(6)12(9)10/h5,11H,3-4H2,1-2H3. The van der Waals surface area contributed by atoms with E-state index in [9.17, 15) is 9.46 Å². The van der Waals surface area contributed by atoms with Crippen LogP contribution in [0.1, 0.15) is 24.7 Å². The van der Waals surface area contributed by atoms with Crippen LogP contribution in [0.3, 0.4) is 0 Å². The van der Waals surface area contributed by atoms with Crippen molar-refractivity contribution >= 4 is 21.5 Å². The number of aryl methyl sites for hydroxylation is 1. The highest BCUT2D eigenvalue weighted by Gasteiger charge is 2.16. The zero-order valence-electron chi connectivity index (χ0n) is 7.26. The maximum absolute atomic E-state index is 10.8. The first-order valence-corrected chi connectivity index (χ1v) is 6.29. The van der Waals surface area contributed by atoms with Gasteiger partial charge in [-0.05, 0) is 18.1 Å². The van der Waals surface area contributed by atoms with Crippen molar-refractivity contribution < 1.29 is 9.46 Å². The molecule has 1 heterocycles. The van der Waals surface area contributed by atoms with Gasteiger partial charge in [-0.15, -0.1) is 8.19 Å². The van der Waals surface area contributed by atoms with Crippen LogP contribution in [-0.4, -0.2) is 0 Å². The minimum absolute atomic E-state index is 0.572. The molecular weight excluding hydrogens is 190 g/mol. The summed E-state index contributed by atoms with van der Waals surface area (Å²) in [6.45, 7) is 4.08. The number of hydrogen-bond donors (Lipinski definition) is 0. The van der Waals surface area contributed by atoms with E-state index in [1.807, 2.05) is 12.7 Å². The minimum Gasteiger partial charge on any atom is -0.591 e. The first kappa shape index (κ1) is 9.92. The Hall–Kier alpha value is -0.160. The molecule has 2 atom stereocenters. The fourth-order valence-corrected chi connectivity index (χ4v) is 3.77. The summed E-state index contributed by atoms with van der Waals surface area (Å²) in [5.41, 5.74) is 1.06. The van der Waals surface area contributed by atoms with Gasteiger partial charge in [-0.2, -0.15) is 0 Å². The van der Waals surface area contributed by atoms with E-state index >= 15 is 0 Å². The molecule has 0 aliphatic carbocycles. The van der Waals surface area contributed by atoms with Crippen molar-refractivity contribution in [2.24, 2.45) is 0 Å². The summed E-state index contributed by atoms with van der Waals surface area (Å²) in [5.74, 6) is 1.85. The van der Waals surface area contributed by atoms with Gasteiger partial charge in [0.2, 0.25) is 0 Å². The molecule has 12 heavy (non-hydrogen) atoms. The van der Waals surface area contributed by atoms with E-state index in [4.69, 9.17) is 0 Å². The van der Waals surface area contributed by atoms with Gasteiger partial charge in [-0.1, -0.05) is 18.4 Å². The molecule has 0 saturated carbocycles. The van der Waals surface area contributed by atoms with Crippen LogP contribution in [0, 0.1) is 0 Å². The van der Waals surface area contributed by atoms with Crippen LogP contribution < -0.4 is 10.2 Å². The Labute approximate surface area is 75.0 Å². The van der Waals surface area contributed by atoms with Gasteiger partial charge in [0.15, 0.2) is 5.30 Å². The molecule has 2 unspecified atom stereocenters. The average Bonchev–Trinajstić information content (AvgIpc) is 2.46. The molecule has 1 rings (SSSR count). The van der Waals surface area contributed by atoms with Crippen LogP contribution in [0.25, 0.3) is 0 Å². The minimum atomic E-state index is -2.37. The fourth-order valence-electron chi connectivity index (χ4n) is 1.36. The van der Waals surface area contributed by atoms with Gasteiger partial charge in [0.05, 0.1) is 0 Å². The molecule has 0 amide bonds. The molecule has 0 radical (unpaired) electrons. The Morgan fingerprint density at radius 1 is 1.50 bits per heavy atom. The van der Waals surface area contributed by atoms with E-state index < -0.39 is 8.03 Å². The second-order valence-electron chi connectivity index (χ2n) is 2.60. The van der Waals surface area contributed by atoms with Crippen LogP contribution in [-0.2, 0) is 17.4 Å². The van der Waals surface area contributed by atoms with Crippen LogP contribution in [0.15, 0.2) is 5.80 Å². The lowest BCUT2D eigenvalue weighted by atomic mass is 10.2. The quantitative estimate of drug-likeness (QED) is 0.698. The van der Waals surface area contributed by atoms with E-state index in [2.05, 4.69) is 6.92 Å². The molecule has 0 N–H and O–H groups in total. The average molecular weight is 202 g/mol. The first-order chi connectivity index (χ1) is 5.70. The molecule has 0 aliphatic rings. The van der Waals surface area contributed by atoms with E-state index in [0.717, 1.165) is 18.4 Å². The molecule has 0 saturated heterocycles. The lowest BCUT2D eigenvalue weighted by Crippen LogP contribution is -2.07. The second kappa shape index (κ2) is 4.18. The highest BCUT2D eigenvalue weighted by atomic mass is 31.1. The van der Waals surface area contributed by atoms with Crippen molar-refractivity contribution in [2.75, 3.05) is 0 Å². The van der Waals surface area contributed by atoms with Gasteiger partial charge in [0.25, 0.3) is 0 Å². The Bertz CT molecular complexity index is 291. The molecular formula is C8H12O2P2. The van der Waals surface area contributed by atoms with E-state index in [1.165, 1.54) is 5.30 Å². The fraction of sp³-hybridized carbons (Fsp3) is 0.500. The Kier molecular flexibility index (Phi) is 3.46. The predicted molar refractivity (Wildman–Crippen MR) is 51.9 cm³/mol. The van der Waals surface area contributed by atoms with Crippen LogP contribution in [0.4, 0.5) is 0 Å². The number of rotatable bonds is 3. The van der Waals surface area contributed by atoms with E-state index in [-0.39, 0.29) is 0 Å². The van der Waals surface area contributed by atoms with Gasteiger partial charge in [-0.3, -0.25) is 0 Å².